The summed E-state index contributed by atoms with van der Waals surface area (Å²) in [6.07, 6.45) is 1.82. The summed E-state index contributed by atoms with van der Waals surface area (Å²) in [5, 5.41) is 3.88. The molecule has 1 amide bonds. The number of hydrogen-bond acceptors (Lipinski definition) is 3. The fourth-order valence-electron chi connectivity index (χ4n) is 2.45. The summed E-state index contributed by atoms with van der Waals surface area (Å²) < 4.78 is 10.6. The Bertz CT molecular complexity index is 838. The van der Waals surface area contributed by atoms with Gasteiger partial charge in [-0.3, -0.25) is 4.79 Å². The molecule has 2 aromatic carbocycles. The maximum Gasteiger partial charge on any atom is 0.257 e. The molecule has 1 aromatic heterocycles. The number of H-pyrrole nitrogens is 1. The molecule has 0 atom stereocenters. The lowest BCUT2D eigenvalue weighted by molar-refractivity contribution is 0.102. The highest BCUT2D eigenvalue weighted by Crippen LogP contribution is 2.34. The van der Waals surface area contributed by atoms with E-state index in [9.17, 15) is 4.79 Å². The quantitative estimate of drug-likeness (QED) is 0.758. The van der Waals surface area contributed by atoms with Gasteiger partial charge in [0.1, 0.15) is 0 Å². The van der Waals surface area contributed by atoms with Crippen LogP contribution in [0.1, 0.15) is 10.4 Å². The third-order valence-electron chi connectivity index (χ3n) is 3.46. The van der Waals surface area contributed by atoms with Crippen LogP contribution in [0.4, 0.5) is 5.69 Å². The molecule has 0 unspecified atom stereocenters. The Labute approximate surface area is 120 Å². The van der Waals surface area contributed by atoms with Crippen molar-refractivity contribution in [2.24, 2.45) is 0 Å². The van der Waals surface area contributed by atoms with E-state index in [0.717, 1.165) is 10.9 Å². The summed E-state index contributed by atoms with van der Waals surface area (Å²) in [7, 11) is 0. The molecule has 0 fully saturated rings. The topological polar surface area (TPSA) is 63.4 Å². The SMILES string of the molecule is O=C(Nc1ccc2c(c1)OCO2)c1cccc2cc[nH]c12. The van der Waals surface area contributed by atoms with E-state index in [2.05, 4.69) is 10.3 Å². The van der Waals surface area contributed by atoms with Gasteiger partial charge in [-0.25, -0.2) is 0 Å². The Balaban J connectivity index is 1.65. The van der Waals surface area contributed by atoms with Crippen molar-refractivity contribution >= 4 is 22.5 Å². The van der Waals surface area contributed by atoms with Crippen LogP contribution in [0.25, 0.3) is 10.9 Å². The molecule has 3 aromatic rings. The minimum atomic E-state index is -0.165. The zero-order chi connectivity index (χ0) is 14.2. The molecule has 4 rings (SSSR count). The highest BCUT2D eigenvalue weighted by Gasteiger charge is 2.15. The zero-order valence-electron chi connectivity index (χ0n) is 11.1. The summed E-state index contributed by atoms with van der Waals surface area (Å²) in [5.74, 6) is 1.17. The van der Waals surface area contributed by atoms with Crippen molar-refractivity contribution in [3.63, 3.8) is 0 Å². The summed E-state index contributed by atoms with van der Waals surface area (Å²) in [4.78, 5) is 15.5. The van der Waals surface area contributed by atoms with Gasteiger partial charge in [-0.15, -0.1) is 0 Å². The number of carbonyl (C=O) groups is 1. The van der Waals surface area contributed by atoms with E-state index < -0.39 is 0 Å². The first kappa shape index (κ1) is 11.8. The van der Waals surface area contributed by atoms with Gasteiger partial charge in [-0.2, -0.15) is 0 Å². The molecule has 0 bridgehead atoms. The number of fused-ring (bicyclic) bond motifs is 2. The first-order chi connectivity index (χ1) is 10.3. The number of rotatable bonds is 2. The molecular weight excluding hydrogens is 268 g/mol. The van der Waals surface area contributed by atoms with Gasteiger partial charge in [-0.05, 0) is 24.3 Å². The van der Waals surface area contributed by atoms with Crippen molar-refractivity contribution in [1.82, 2.24) is 4.98 Å². The Morgan fingerprint density at radius 1 is 1.10 bits per heavy atom. The van der Waals surface area contributed by atoms with E-state index in [1.165, 1.54) is 0 Å². The highest BCUT2D eigenvalue weighted by atomic mass is 16.7. The molecule has 0 aliphatic carbocycles. The van der Waals surface area contributed by atoms with Crippen LogP contribution >= 0.6 is 0 Å². The second-order valence-electron chi connectivity index (χ2n) is 4.77. The van der Waals surface area contributed by atoms with Gasteiger partial charge in [0.05, 0.1) is 11.1 Å². The van der Waals surface area contributed by atoms with E-state index in [-0.39, 0.29) is 12.7 Å². The normalized spacial score (nSPS) is 12.6. The Morgan fingerprint density at radius 2 is 2.00 bits per heavy atom. The summed E-state index contributed by atoms with van der Waals surface area (Å²) in [6.45, 7) is 0.217. The standard InChI is InChI=1S/C16H12N2O3/c19-16(12-3-1-2-10-6-7-17-15(10)12)18-11-4-5-13-14(8-11)21-9-20-13/h1-8,17H,9H2,(H,18,19). The van der Waals surface area contributed by atoms with Crippen molar-refractivity contribution < 1.29 is 14.3 Å². The fraction of sp³-hybridized carbons (Fsp3) is 0.0625. The van der Waals surface area contributed by atoms with Gasteiger partial charge in [0.2, 0.25) is 6.79 Å². The van der Waals surface area contributed by atoms with Crippen LogP contribution in [0.15, 0.2) is 48.7 Å². The lowest BCUT2D eigenvalue weighted by Gasteiger charge is -2.07. The second-order valence-corrected chi connectivity index (χ2v) is 4.77. The van der Waals surface area contributed by atoms with Crippen LogP contribution < -0.4 is 14.8 Å². The third-order valence-corrected chi connectivity index (χ3v) is 3.46. The van der Waals surface area contributed by atoms with Crippen LogP contribution in [0.5, 0.6) is 11.5 Å². The summed E-state index contributed by atoms with van der Waals surface area (Å²) in [5.41, 5.74) is 2.11. The van der Waals surface area contributed by atoms with Crippen LogP contribution in [-0.4, -0.2) is 17.7 Å². The Hall–Kier alpha value is -2.95. The minimum absolute atomic E-state index is 0.165. The largest absolute Gasteiger partial charge is 0.454 e. The molecule has 1 aliphatic heterocycles. The average Bonchev–Trinajstić information content (AvgIpc) is 3.14. The molecule has 2 N–H and O–H groups in total. The van der Waals surface area contributed by atoms with E-state index in [1.54, 1.807) is 24.3 Å². The van der Waals surface area contributed by atoms with Crippen molar-refractivity contribution in [1.29, 1.82) is 0 Å². The second kappa shape index (κ2) is 4.56. The predicted octanol–water partition coefficient (Wildman–Crippen LogP) is 3.15. The van der Waals surface area contributed by atoms with Crippen molar-refractivity contribution in [2.75, 3.05) is 12.1 Å². The minimum Gasteiger partial charge on any atom is -0.454 e. The molecule has 0 saturated heterocycles. The van der Waals surface area contributed by atoms with Gasteiger partial charge in [-0.1, -0.05) is 12.1 Å². The van der Waals surface area contributed by atoms with Gasteiger partial charge in [0.25, 0.3) is 5.91 Å². The number of benzene rings is 2. The first-order valence-electron chi connectivity index (χ1n) is 6.58. The lowest BCUT2D eigenvalue weighted by Crippen LogP contribution is -2.12. The maximum atomic E-state index is 12.4. The molecule has 5 heteroatoms. The zero-order valence-corrected chi connectivity index (χ0v) is 11.1. The van der Waals surface area contributed by atoms with Crippen molar-refractivity contribution in [3.8, 4) is 11.5 Å². The predicted molar refractivity (Wildman–Crippen MR) is 78.8 cm³/mol. The molecule has 2 heterocycles. The van der Waals surface area contributed by atoms with E-state index in [0.29, 0.717) is 22.7 Å². The third kappa shape index (κ3) is 1.99. The molecule has 5 nitrogen and oxygen atoms in total. The molecular formula is C16H12N2O3. The Morgan fingerprint density at radius 3 is 2.95 bits per heavy atom. The van der Waals surface area contributed by atoms with Gasteiger partial charge >= 0.3 is 0 Å². The van der Waals surface area contributed by atoms with Gasteiger partial charge in [0, 0.05) is 23.3 Å². The molecule has 1 aliphatic rings. The number of para-hydroxylation sites is 1. The van der Waals surface area contributed by atoms with Crippen molar-refractivity contribution in [3.05, 3.63) is 54.2 Å². The first-order valence-corrected chi connectivity index (χ1v) is 6.58. The lowest BCUT2D eigenvalue weighted by atomic mass is 10.1. The number of aromatic amines is 1. The number of hydrogen-bond donors (Lipinski definition) is 2. The fourth-order valence-corrected chi connectivity index (χ4v) is 2.45. The van der Waals surface area contributed by atoms with Gasteiger partial charge < -0.3 is 19.8 Å². The monoisotopic (exact) mass is 280 g/mol. The summed E-state index contributed by atoms with van der Waals surface area (Å²) in [6, 6.07) is 12.9. The number of carbonyl (C=O) groups excluding carboxylic acids is 1. The molecule has 0 saturated carbocycles. The number of nitrogens with one attached hydrogen (secondary N) is 2. The molecule has 0 spiro atoms. The van der Waals surface area contributed by atoms with Crippen LogP contribution in [0.2, 0.25) is 0 Å². The van der Waals surface area contributed by atoms with Gasteiger partial charge in [0.15, 0.2) is 11.5 Å². The maximum absolute atomic E-state index is 12.4. The van der Waals surface area contributed by atoms with E-state index >= 15 is 0 Å². The number of anilines is 1. The number of aromatic nitrogens is 1. The van der Waals surface area contributed by atoms with E-state index in [4.69, 9.17) is 9.47 Å². The smallest absolute Gasteiger partial charge is 0.257 e. The highest BCUT2D eigenvalue weighted by molar-refractivity contribution is 6.12. The molecule has 0 radical (unpaired) electrons. The van der Waals surface area contributed by atoms with Crippen molar-refractivity contribution in [2.45, 2.75) is 0 Å². The summed E-state index contributed by atoms with van der Waals surface area (Å²) >= 11 is 0. The van der Waals surface area contributed by atoms with Crippen LogP contribution in [0, 0.1) is 0 Å². The molecule has 104 valence electrons. The Kier molecular flexibility index (Phi) is 2.57. The number of amides is 1. The van der Waals surface area contributed by atoms with E-state index in [1.807, 2.05) is 24.4 Å². The average molecular weight is 280 g/mol. The number of ether oxygens (including phenoxy) is 2. The van der Waals surface area contributed by atoms with Crippen LogP contribution in [0.3, 0.4) is 0 Å². The molecule has 21 heavy (non-hydrogen) atoms. The van der Waals surface area contributed by atoms with Crippen LogP contribution in [-0.2, 0) is 0 Å².